The maximum atomic E-state index is 11.0. The van der Waals surface area contributed by atoms with Crippen LogP contribution >= 0.6 is 0 Å². The van der Waals surface area contributed by atoms with Crippen LogP contribution in [0.5, 0.6) is 0 Å². The topological polar surface area (TPSA) is 60.7 Å². The Morgan fingerprint density at radius 3 is 2.59 bits per heavy atom. The van der Waals surface area contributed by atoms with E-state index < -0.39 is 0 Å². The predicted octanol–water partition coefficient (Wildman–Crippen LogP) is 2.56. The van der Waals surface area contributed by atoms with E-state index in [1.54, 1.807) is 0 Å². The second-order valence-corrected chi connectivity index (χ2v) is 8.57. The molecule has 3 heteroatoms. The first kappa shape index (κ1) is 14.9. The Morgan fingerprint density at radius 1 is 1.05 bits per heavy atom. The molecule has 0 aromatic rings. The predicted molar refractivity (Wildman–Crippen MR) is 85.1 cm³/mol. The van der Waals surface area contributed by atoms with Gasteiger partial charge < -0.3 is 15.3 Å². The monoisotopic (exact) mass is 304 g/mol. The van der Waals surface area contributed by atoms with Gasteiger partial charge in [-0.05, 0) is 49.9 Å². The molecule has 0 amide bonds. The summed E-state index contributed by atoms with van der Waals surface area (Å²) in [5, 5.41) is 31.4. The lowest BCUT2D eigenvalue weighted by molar-refractivity contribution is -0.0675. The molecule has 0 saturated heterocycles. The van der Waals surface area contributed by atoms with Crippen LogP contribution in [0.25, 0.3) is 0 Å². The second kappa shape index (κ2) is 4.68. The van der Waals surface area contributed by atoms with Crippen molar-refractivity contribution in [2.24, 2.45) is 22.7 Å². The standard InChI is InChI=1S/C19H28O3/c1-18-8-7-12(20)9-11(18)3-4-13-14-5-6-16(22)19(14,2)10-15(21)17(13)18/h3-4,12,14-17,20-22H,5-10H2,1-2H3/t12-,14-,15+,16+,17+,18-,19-/m0/s1. The first-order valence-electron chi connectivity index (χ1n) is 8.81. The van der Waals surface area contributed by atoms with E-state index in [0.29, 0.717) is 12.3 Å². The van der Waals surface area contributed by atoms with Crippen molar-refractivity contribution in [2.75, 3.05) is 0 Å². The zero-order valence-electron chi connectivity index (χ0n) is 13.6. The molecule has 4 aliphatic rings. The molecular weight excluding hydrogens is 276 g/mol. The molecule has 0 aliphatic heterocycles. The number of allylic oxidation sites excluding steroid dienone is 2. The average molecular weight is 304 g/mol. The summed E-state index contributed by atoms with van der Waals surface area (Å²) in [6, 6.07) is 0. The van der Waals surface area contributed by atoms with E-state index in [0.717, 1.165) is 32.1 Å². The van der Waals surface area contributed by atoms with Gasteiger partial charge in [-0.1, -0.05) is 37.1 Å². The molecule has 0 heterocycles. The molecule has 4 aliphatic carbocycles. The first-order valence-corrected chi connectivity index (χ1v) is 8.81. The van der Waals surface area contributed by atoms with E-state index in [2.05, 4.69) is 26.0 Å². The third-order valence-electron chi connectivity index (χ3n) is 7.43. The van der Waals surface area contributed by atoms with E-state index in [-0.39, 0.29) is 35.1 Å². The molecule has 122 valence electrons. The van der Waals surface area contributed by atoms with Crippen molar-refractivity contribution in [3.05, 3.63) is 23.3 Å². The van der Waals surface area contributed by atoms with Gasteiger partial charge in [-0.3, -0.25) is 0 Å². The fourth-order valence-corrected chi connectivity index (χ4v) is 6.09. The number of fused-ring (bicyclic) bond motifs is 5. The van der Waals surface area contributed by atoms with Crippen molar-refractivity contribution in [3.63, 3.8) is 0 Å². The lowest BCUT2D eigenvalue weighted by Crippen LogP contribution is -2.53. The lowest BCUT2D eigenvalue weighted by Gasteiger charge is -2.56. The van der Waals surface area contributed by atoms with Crippen LogP contribution in [-0.4, -0.2) is 33.6 Å². The summed E-state index contributed by atoms with van der Waals surface area (Å²) in [5.41, 5.74) is 2.48. The van der Waals surface area contributed by atoms with Gasteiger partial charge in [0.15, 0.2) is 0 Å². The molecule has 0 spiro atoms. The molecule has 3 nitrogen and oxygen atoms in total. The quantitative estimate of drug-likeness (QED) is 0.644. The van der Waals surface area contributed by atoms with E-state index in [9.17, 15) is 15.3 Å². The fraction of sp³-hybridized carbons (Fsp3) is 0.789. The minimum atomic E-state index is -0.385. The van der Waals surface area contributed by atoms with Crippen molar-refractivity contribution in [2.45, 2.75) is 70.7 Å². The van der Waals surface area contributed by atoms with Crippen LogP contribution in [-0.2, 0) is 0 Å². The molecule has 0 radical (unpaired) electrons. The highest BCUT2D eigenvalue weighted by Crippen LogP contribution is 2.63. The van der Waals surface area contributed by atoms with Gasteiger partial charge in [0.1, 0.15) is 0 Å². The van der Waals surface area contributed by atoms with Gasteiger partial charge in [0.25, 0.3) is 0 Å². The van der Waals surface area contributed by atoms with Crippen LogP contribution < -0.4 is 0 Å². The van der Waals surface area contributed by atoms with E-state index in [4.69, 9.17) is 0 Å². The Balaban J connectivity index is 1.78. The summed E-state index contributed by atoms with van der Waals surface area (Å²) in [6.07, 6.45) is 8.62. The summed E-state index contributed by atoms with van der Waals surface area (Å²) in [5.74, 6) is 0.570. The molecule has 0 aromatic heterocycles. The highest BCUT2D eigenvalue weighted by atomic mass is 16.3. The molecule has 0 unspecified atom stereocenters. The lowest BCUT2D eigenvalue weighted by atomic mass is 9.50. The van der Waals surface area contributed by atoms with Crippen LogP contribution in [0.3, 0.4) is 0 Å². The third-order valence-corrected chi connectivity index (χ3v) is 7.43. The Bertz CT molecular complexity index is 551. The van der Waals surface area contributed by atoms with Crippen molar-refractivity contribution in [1.29, 1.82) is 0 Å². The highest BCUT2D eigenvalue weighted by Gasteiger charge is 2.59. The smallest absolute Gasteiger partial charge is 0.0620 e. The van der Waals surface area contributed by atoms with Crippen molar-refractivity contribution < 1.29 is 15.3 Å². The number of aliphatic hydroxyl groups excluding tert-OH is 3. The van der Waals surface area contributed by atoms with E-state index in [1.807, 2.05) is 0 Å². The molecule has 3 saturated carbocycles. The van der Waals surface area contributed by atoms with Crippen LogP contribution in [0.2, 0.25) is 0 Å². The normalized spacial score (nSPS) is 54.0. The third kappa shape index (κ3) is 1.79. The molecule has 3 fully saturated rings. The maximum absolute atomic E-state index is 11.0. The summed E-state index contributed by atoms with van der Waals surface area (Å²) < 4.78 is 0. The molecule has 0 bridgehead atoms. The number of hydrogen-bond acceptors (Lipinski definition) is 3. The molecule has 22 heavy (non-hydrogen) atoms. The van der Waals surface area contributed by atoms with E-state index in [1.165, 1.54) is 11.1 Å². The average Bonchev–Trinajstić information content (AvgIpc) is 2.75. The van der Waals surface area contributed by atoms with Crippen molar-refractivity contribution >= 4 is 0 Å². The van der Waals surface area contributed by atoms with Crippen LogP contribution in [0.1, 0.15) is 52.4 Å². The largest absolute Gasteiger partial charge is 0.393 e. The number of aliphatic hydroxyl groups is 3. The molecular formula is C19H28O3. The van der Waals surface area contributed by atoms with Gasteiger partial charge in [0, 0.05) is 11.3 Å². The molecule has 3 N–H and O–H groups in total. The van der Waals surface area contributed by atoms with Crippen LogP contribution in [0.15, 0.2) is 23.3 Å². The highest BCUT2D eigenvalue weighted by molar-refractivity contribution is 5.40. The molecule has 0 aromatic carbocycles. The number of hydrogen-bond donors (Lipinski definition) is 3. The Hall–Kier alpha value is -0.640. The Kier molecular flexibility index (Phi) is 3.18. The SMILES string of the molecule is C[C@]12C[C@@H](O)[C@H]3C(=CC=C4C[C@@H](O)CC[C@@]43C)[C@@H]1CC[C@H]2O. The van der Waals surface area contributed by atoms with Gasteiger partial charge in [-0.15, -0.1) is 0 Å². The molecule has 4 rings (SSSR count). The van der Waals surface area contributed by atoms with Gasteiger partial charge in [-0.25, -0.2) is 0 Å². The fourth-order valence-electron chi connectivity index (χ4n) is 6.09. The van der Waals surface area contributed by atoms with Gasteiger partial charge in [0.05, 0.1) is 18.3 Å². The van der Waals surface area contributed by atoms with E-state index >= 15 is 0 Å². The second-order valence-electron chi connectivity index (χ2n) is 8.57. The van der Waals surface area contributed by atoms with Gasteiger partial charge >= 0.3 is 0 Å². The maximum Gasteiger partial charge on any atom is 0.0620 e. The van der Waals surface area contributed by atoms with Gasteiger partial charge in [0.2, 0.25) is 0 Å². The van der Waals surface area contributed by atoms with Crippen LogP contribution in [0.4, 0.5) is 0 Å². The van der Waals surface area contributed by atoms with Crippen LogP contribution in [0, 0.1) is 22.7 Å². The summed E-state index contributed by atoms with van der Waals surface area (Å²) >= 11 is 0. The summed E-state index contributed by atoms with van der Waals surface area (Å²) in [6.45, 7) is 4.43. The summed E-state index contributed by atoms with van der Waals surface area (Å²) in [4.78, 5) is 0. The minimum absolute atomic E-state index is 0.0163. The Morgan fingerprint density at radius 2 is 1.82 bits per heavy atom. The molecule has 7 atom stereocenters. The Labute approximate surface area is 132 Å². The minimum Gasteiger partial charge on any atom is -0.393 e. The summed E-state index contributed by atoms with van der Waals surface area (Å²) in [7, 11) is 0. The zero-order chi connectivity index (χ0) is 15.7. The van der Waals surface area contributed by atoms with Gasteiger partial charge in [-0.2, -0.15) is 0 Å². The number of rotatable bonds is 0. The van der Waals surface area contributed by atoms with Crippen molar-refractivity contribution in [3.8, 4) is 0 Å². The zero-order valence-corrected chi connectivity index (χ0v) is 13.6. The van der Waals surface area contributed by atoms with Crippen molar-refractivity contribution in [1.82, 2.24) is 0 Å². The first-order chi connectivity index (χ1) is 10.4.